The van der Waals surface area contributed by atoms with E-state index in [2.05, 4.69) is 15.8 Å². The molecule has 41 heavy (non-hydrogen) atoms. The fraction of sp³-hybridized carbons (Fsp3) is 0.300. The lowest BCUT2D eigenvalue weighted by Crippen LogP contribution is -2.33. The fourth-order valence-electron chi connectivity index (χ4n) is 4.48. The first-order valence-corrected chi connectivity index (χ1v) is 14.1. The minimum Gasteiger partial charge on any atom is -0.496 e. The number of carbonyl (C=O) groups excluding carboxylic acids is 4. The van der Waals surface area contributed by atoms with Crippen LogP contribution in [0.1, 0.15) is 69.8 Å². The zero-order chi connectivity index (χ0) is 29.4. The first kappa shape index (κ1) is 29.5. The number of hydrazone groups is 1. The number of hydrogen-bond acceptors (Lipinski definition) is 9. The second kappa shape index (κ2) is 13.7. The van der Waals surface area contributed by atoms with Crippen LogP contribution in [0.5, 0.6) is 11.5 Å². The number of benzene rings is 2. The van der Waals surface area contributed by atoms with Gasteiger partial charge in [0.15, 0.2) is 0 Å². The highest BCUT2D eigenvalue weighted by Crippen LogP contribution is 2.38. The van der Waals surface area contributed by atoms with Crippen molar-refractivity contribution in [3.05, 3.63) is 75.7 Å². The van der Waals surface area contributed by atoms with Crippen molar-refractivity contribution in [1.29, 1.82) is 0 Å². The molecule has 2 amide bonds. The van der Waals surface area contributed by atoms with Gasteiger partial charge in [0.05, 0.1) is 25.0 Å². The number of fused-ring (bicyclic) bond motifs is 1. The van der Waals surface area contributed by atoms with Crippen LogP contribution in [0.3, 0.4) is 0 Å². The average Bonchev–Trinajstić information content (AvgIpc) is 3.15. The summed E-state index contributed by atoms with van der Waals surface area (Å²) in [6.07, 6.45) is 4.51. The van der Waals surface area contributed by atoms with E-state index in [1.165, 1.54) is 18.4 Å². The highest BCUT2D eigenvalue weighted by molar-refractivity contribution is 7.17. The predicted molar refractivity (Wildman–Crippen MR) is 155 cm³/mol. The summed E-state index contributed by atoms with van der Waals surface area (Å²) in [6, 6.07) is 13.3. The number of para-hydroxylation sites is 2. The molecule has 2 N–H and O–H groups in total. The number of amides is 2. The van der Waals surface area contributed by atoms with Gasteiger partial charge in [0.1, 0.15) is 22.1 Å². The minimum absolute atomic E-state index is 0.195. The molecule has 0 saturated heterocycles. The Morgan fingerprint density at radius 1 is 0.878 bits per heavy atom. The number of nitrogens with one attached hydrogen (secondary N) is 2. The third-order valence-corrected chi connectivity index (χ3v) is 7.67. The Hall–Kier alpha value is -4.51. The maximum absolute atomic E-state index is 12.8. The molecule has 1 aromatic heterocycles. The molecule has 11 heteroatoms. The average molecular weight is 578 g/mol. The second-order valence-electron chi connectivity index (χ2n) is 9.17. The number of thiophene rings is 1. The van der Waals surface area contributed by atoms with Crippen molar-refractivity contribution in [1.82, 2.24) is 5.43 Å². The van der Waals surface area contributed by atoms with Crippen LogP contribution >= 0.6 is 11.3 Å². The lowest BCUT2D eigenvalue weighted by atomic mass is 10.1. The molecule has 4 rings (SSSR count). The van der Waals surface area contributed by atoms with Crippen molar-refractivity contribution in [3.8, 4) is 11.5 Å². The van der Waals surface area contributed by atoms with Crippen LogP contribution in [0.4, 0.5) is 5.00 Å². The van der Waals surface area contributed by atoms with E-state index in [-0.39, 0.29) is 17.9 Å². The monoisotopic (exact) mass is 577 g/mol. The van der Waals surface area contributed by atoms with Gasteiger partial charge in [0, 0.05) is 10.4 Å². The molecule has 0 aliphatic heterocycles. The topological polar surface area (TPSA) is 132 Å². The standard InChI is InChI=1S/C30H31N3O7S/c1-4-39-30(37)25-21-14-6-5-7-17-24(21)41-28(25)31-26(34)27(35)33-32-18(2)19-12-8-11-16-23(19)40-29(36)20-13-9-10-15-22(20)38-3/h8-13,15-16H,4-7,14,17H2,1-3H3,(H,31,34)(H,33,35). The molecule has 0 atom stereocenters. The van der Waals surface area contributed by atoms with Crippen LogP contribution in [0.15, 0.2) is 53.6 Å². The van der Waals surface area contributed by atoms with E-state index in [1.54, 1.807) is 62.4 Å². The van der Waals surface area contributed by atoms with Crippen LogP contribution < -0.4 is 20.2 Å². The summed E-state index contributed by atoms with van der Waals surface area (Å²) >= 11 is 1.30. The number of esters is 2. The Morgan fingerprint density at radius 3 is 2.29 bits per heavy atom. The number of carbonyl (C=O) groups is 4. The fourth-order valence-corrected chi connectivity index (χ4v) is 5.75. The van der Waals surface area contributed by atoms with Gasteiger partial charge >= 0.3 is 23.8 Å². The summed E-state index contributed by atoms with van der Waals surface area (Å²) in [4.78, 5) is 52.0. The Labute approximate surface area is 241 Å². The van der Waals surface area contributed by atoms with Crippen molar-refractivity contribution >= 4 is 45.8 Å². The molecule has 0 bridgehead atoms. The zero-order valence-corrected chi connectivity index (χ0v) is 23.9. The van der Waals surface area contributed by atoms with Crippen molar-refractivity contribution in [3.63, 3.8) is 0 Å². The van der Waals surface area contributed by atoms with Gasteiger partial charge in [-0.3, -0.25) is 9.59 Å². The van der Waals surface area contributed by atoms with Gasteiger partial charge < -0.3 is 19.5 Å². The van der Waals surface area contributed by atoms with Crippen molar-refractivity contribution in [2.24, 2.45) is 5.10 Å². The molecular formula is C30H31N3O7S. The molecule has 0 unspecified atom stereocenters. The van der Waals surface area contributed by atoms with Crippen molar-refractivity contribution in [2.75, 3.05) is 19.0 Å². The summed E-state index contributed by atoms with van der Waals surface area (Å²) in [6.45, 7) is 3.51. The van der Waals surface area contributed by atoms with Crippen molar-refractivity contribution < 1.29 is 33.4 Å². The van der Waals surface area contributed by atoms with E-state index in [9.17, 15) is 19.2 Å². The number of aryl methyl sites for hydroxylation is 1. The molecule has 1 heterocycles. The maximum Gasteiger partial charge on any atom is 0.347 e. The van der Waals surface area contributed by atoms with E-state index in [0.29, 0.717) is 34.0 Å². The lowest BCUT2D eigenvalue weighted by molar-refractivity contribution is -0.136. The Balaban J connectivity index is 1.48. The van der Waals surface area contributed by atoms with Gasteiger partial charge in [-0.2, -0.15) is 5.10 Å². The Bertz CT molecular complexity index is 1490. The summed E-state index contributed by atoms with van der Waals surface area (Å²) in [5.41, 5.74) is 4.42. The molecule has 0 saturated carbocycles. The number of anilines is 1. The van der Waals surface area contributed by atoms with Gasteiger partial charge in [-0.05, 0) is 69.4 Å². The summed E-state index contributed by atoms with van der Waals surface area (Å²) in [7, 11) is 1.46. The molecular weight excluding hydrogens is 546 g/mol. The van der Waals surface area contributed by atoms with Gasteiger partial charge in [-0.15, -0.1) is 11.3 Å². The molecule has 214 valence electrons. The van der Waals surface area contributed by atoms with E-state index < -0.39 is 23.8 Å². The zero-order valence-electron chi connectivity index (χ0n) is 23.1. The van der Waals surface area contributed by atoms with E-state index >= 15 is 0 Å². The number of methoxy groups -OCH3 is 1. The largest absolute Gasteiger partial charge is 0.496 e. The summed E-state index contributed by atoms with van der Waals surface area (Å²) in [5.74, 6) is -2.56. The Kier molecular flexibility index (Phi) is 9.86. The third-order valence-electron chi connectivity index (χ3n) is 6.47. The summed E-state index contributed by atoms with van der Waals surface area (Å²) in [5, 5.41) is 6.92. The van der Waals surface area contributed by atoms with Crippen LogP contribution in [0.25, 0.3) is 0 Å². The normalized spacial score (nSPS) is 12.9. The SMILES string of the molecule is CCOC(=O)c1c(NC(=O)C(=O)NN=C(C)c2ccccc2OC(=O)c2ccccc2OC)sc2c1CCCCC2. The first-order chi connectivity index (χ1) is 19.8. The number of rotatable bonds is 8. The number of ether oxygens (including phenoxy) is 3. The van der Waals surface area contributed by atoms with E-state index in [4.69, 9.17) is 14.2 Å². The smallest absolute Gasteiger partial charge is 0.347 e. The molecule has 3 aromatic rings. The Morgan fingerprint density at radius 2 is 1.56 bits per heavy atom. The minimum atomic E-state index is -1.02. The van der Waals surface area contributed by atoms with Crippen LogP contribution in [-0.2, 0) is 27.2 Å². The highest BCUT2D eigenvalue weighted by Gasteiger charge is 2.28. The predicted octanol–water partition coefficient (Wildman–Crippen LogP) is 4.90. The van der Waals surface area contributed by atoms with Crippen molar-refractivity contribution in [2.45, 2.75) is 46.0 Å². The van der Waals surface area contributed by atoms with E-state index in [0.717, 1.165) is 36.1 Å². The molecule has 1 aliphatic carbocycles. The lowest BCUT2D eigenvalue weighted by Gasteiger charge is -2.12. The highest BCUT2D eigenvalue weighted by atomic mass is 32.1. The molecule has 10 nitrogen and oxygen atoms in total. The quantitative estimate of drug-likeness (QED) is 0.0972. The molecule has 1 aliphatic rings. The number of hydrogen-bond donors (Lipinski definition) is 2. The van der Waals surface area contributed by atoms with Gasteiger partial charge in [-0.1, -0.05) is 30.7 Å². The third kappa shape index (κ3) is 6.98. The second-order valence-corrected chi connectivity index (χ2v) is 10.3. The van der Waals surface area contributed by atoms with Crippen LogP contribution in [-0.4, -0.2) is 43.2 Å². The van der Waals surface area contributed by atoms with Gasteiger partial charge in [-0.25, -0.2) is 15.0 Å². The van der Waals surface area contributed by atoms with Gasteiger partial charge in [0.25, 0.3) is 0 Å². The maximum atomic E-state index is 12.8. The van der Waals surface area contributed by atoms with Gasteiger partial charge in [0.2, 0.25) is 0 Å². The molecule has 0 fully saturated rings. The first-order valence-electron chi connectivity index (χ1n) is 13.3. The summed E-state index contributed by atoms with van der Waals surface area (Å²) < 4.78 is 16.1. The number of nitrogens with zero attached hydrogens (tertiary/aromatic N) is 1. The molecule has 2 aromatic carbocycles. The van der Waals surface area contributed by atoms with Crippen LogP contribution in [0.2, 0.25) is 0 Å². The molecule has 0 radical (unpaired) electrons. The van der Waals surface area contributed by atoms with E-state index in [1.807, 2.05) is 0 Å². The molecule has 0 spiro atoms. The van der Waals surface area contributed by atoms with Crippen LogP contribution in [0, 0.1) is 0 Å².